The van der Waals surface area contributed by atoms with E-state index in [1.165, 1.54) is 23.5 Å². The molecule has 0 aliphatic heterocycles. The van der Waals surface area contributed by atoms with E-state index in [0.717, 1.165) is 48.9 Å². The number of aromatic amines is 1. The molecule has 0 saturated heterocycles. The number of hydrogen-bond acceptors (Lipinski definition) is 4. The second-order valence-corrected chi connectivity index (χ2v) is 10.4. The molecule has 0 aliphatic rings. The lowest BCUT2D eigenvalue weighted by molar-refractivity contribution is -0.137. The Kier molecular flexibility index (Phi) is 6.18. The molecule has 3 heterocycles. The average Bonchev–Trinajstić information content (AvgIpc) is 3.53. The van der Waals surface area contributed by atoms with E-state index in [-0.39, 0.29) is 5.69 Å². The predicted molar refractivity (Wildman–Crippen MR) is 155 cm³/mol. The molecule has 0 spiro atoms. The second kappa shape index (κ2) is 9.63. The predicted octanol–water partition coefficient (Wildman–Crippen LogP) is 8.38. The molecule has 6 aromatic rings. The molecule has 206 valence electrons. The number of anilines is 3. The van der Waals surface area contributed by atoms with Crippen molar-refractivity contribution in [2.75, 3.05) is 10.6 Å². The number of amides is 2. The lowest BCUT2D eigenvalue weighted by Crippen LogP contribution is -2.32. The van der Waals surface area contributed by atoms with Crippen LogP contribution in [0.2, 0.25) is 0 Å². The van der Waals surface area contributed by atoms with Gasteiger partial charge in [-0.25, -0.2) is 14.2 Å². The van der Waals surface area contributed by atoms with Gasteiger partial charge < -0.3 is 16.5 Å². The molecule has 0 radical (unpaired) electrons. The standard InChI is InChI=1S/C30H21F4N5OS/c1-15-10-18-11-17(4-9-24(18)38-15)21-13-37-28(35)26-22(14-41-27(21)26)16-2-6-20(7-3-16)39(29(36)40)25-12-19(30(32,33)34)5-8-23(25)31/h2-14,38H,1H3,(H2,35,37)(H2,36,40). The molecule has 41 heavy (non-hydrogen) atoms. The number of aromatic nitrogens is 2. The second-order valence-electron chi connectivity index (χ2n) is 9.55. The summed E-state index contributed by atoms with van der Waals surface area (Å²) in [4.78, 5) is 20.7. The highest BCUT2D eigenvalue weighted by atomic mass is 32.1. The Morgan fingerprint density at radius 3 is 2.41 bits per heavy atom. The number of nitrogens with one attached hydrogen (secondary N) is 1. The molecule has 3 aromatic heterocycles. The van der Waals surface area contributed by atoms with E-state index in [1.54, 1.807) is 18.3 Å². The number of pyridine rings is 1. The van der Waals surface area contributed by atoms with E-state index in [4.69, 9.17) is 11.5 Å². The van der Waals surface area contributed by atoms with Crippen LogP contribution >= 0.6 is 11.3 Å². The van der Waals surface area contributed by atoms with Gasteiger partial charge >= 0.3 is 12.2 Å². The maximum atomic E-state index is 14.6. The number of carbonyl (C=O) groups excluding carboxylic acids is 1. The average molecular weight is 576 g/mol. The Labute approximate surface area is 234 Å². The fraction of sp³-hybridized carbons (Fsp3) is 0.0667. The van der Waals surface area contributed by atoms with Gasteiger partial charge in [-0.15, -0.1) is 11.3 Å². The number of aryl methyl sites for hydroxylation is 1. The topological polar surface area (TPSA) is 101 Å². The first kappa shape index (κ1) is 26.3. The highest BCUT2D eigenvalue weighted by molar-refractivity contribution is 7.18. The molecule has 2 amide bonds. The van der Waals surface area contributed by atoms with Crippen LogP contribution in [0.15, 0.2) is 78.3 Å². The zero-order valence-corrected chi connectivity index (χ0v) is 22.2. The van der Waals surface area contributed by atoms with Gasteiger partial charge in [0.15, 0.2) is 0 Å². The van der Waals surface area contributed by atoms with Crippen molar-refractivity contribution in [3.63, 3.8) is 0 Å². The minimum Gasteiger partial charge on any atom is -0.383 e. The van der Waals surface area contributed by atoms with Crippen molar-refractivity contribution in [3.05, 3.63) is 95.4 Å². The number of fused-ring (bicyclic) bond motifs is 2. The van der Waals surface area contributed by atoms with E-state index in [9.17, 15) is 22.4 Å². The number of alkyl halides is 3. The molecule has 5 N–H and O–H groups in total. The van der Waals surface area contributed by atoms with Crippen molar-refractivity contribution in [2.45, 2.75) is 13.1 Å². The van der Waals surface area contributed by atoms with E-state index >= 15 is 0 Å². The van der Waals surface area contributed by atoms with Gasteiger partial charge in [0, 0.05) is 44.0 Å². The lowest BCUT2D eigenvalue weighted by Gasteiger charge is -2.22. The van der Waals surface area contributed by atoms with Gasteiger partial charge in [0.2, 0.25) is 0 Å². The molecule has 6 nitrogen and oxygen atoms in total. The monoisotopic (exact) mass is 575 g/mol. The summed E-state index contributed by atoms with van der Waals surface area (Å²) >= 11 is 1.50. The van der Waals surface area contributed by atoms with Crippen molar-refractivity contribution in [3.8, 4) is 22.3 Å². The Hall–Kier alpha value is -4.90. The molecule has 0 atom stereocenters. The van der Waals surface area contributed by atoms with Crippen molar-refractivity contribution in [1.29, 1.82) is 0 Å². The lowest BCUT2D eigenvalue weighted by atomic mass is 10.0. The number of thiophene rings is 1. The van der Waals surface area contributed by atoms with Gasteiger partial charge in [0.1, 0.15) is 11.6 Å². The van der Waals surface area contributed by atoms with Crippen LogP contribution in [-0.4, -0.2) is 16.0 Å². The zero-order valence-electron chi connectivity index (χ0n) is 21.4. The number of primary amides is 1. The number of hydrogen-bond donors (Lipinski definition) is 3. The van der Waals surface area contributed by atoms with Crippen molar-refractivity contribution < 1.29 is 22.4 Å². The third-order valence-corrected chi connectivity index (χ3v) is 7.88. The number of carbonyl (C=O) groups is 1. The van der Waals surface area contributed by atoms with Gasteiger partial charge in [-0.1, -0.05) is 18.2 Å². The van der Waals surface area contributed by atoms with E-state index in [1.807, 2.05) is 24.4 Å². The largest absolute Gasteiger partial charge is 0.416 e. The van der Waals surface area contributed by atoms with Crippen LogP contribution in [0.4, 0.5) is 39.5 Å². The van der Waals surface area contributed by atoms with Gasteiger partial charge in [0.05, 0.1) is 16.9 Å². The number of nitrogen functional groups attached to an aromatic ring is 1. The number of rotatable bonds is 4. The first-order chi connectivity index (χ1) is 19.5. The Bertz CT molecular complexity index is 1960. The summed E-state index contributed by atoms with van der Waals surface area (Å²) in [6, 6.07) is 15.2. The Balaban J connectivity index is 1.41. The molecule has 0 bridgehead atoms. The van der Waals surface area contributed by atoms with Crippen LogP contribution in [0.1, 0.15) is 11.3 Å². The summed E-state index contributed by atoms with van der Waals surface area (Å²) in [5.74, 6) is -0.684. The number of H-pyrrole nitrogens is 1. The number of halogens is 4. The first-order valence-corrected chi connectivity index (χ1v) is 13.2. The molecule has 6 rings (SSSR count). The Morgan fingerprint density at radius 2 is 1.71 bits per heavy atom. The summed E-state index contributed by atoms with van der Waals surface area (Å²) in [6.07, 6.45) is -2.98. The van der Waals surface area contributed by atoms with Gasteiger partial charge in [0.25, 0.3) is 0 Å². The van der Waals surface area contributed by atoms with Crippen molar-refractivity contribution >= 4 is 55.5 Å². The first-order valence-electron chi connectivity index (χ1n) is 12.3. The van der Waals surface area contributed by atoms with Gasteiger partial charge in [-0.05, 0) is 72.0 Å². The summed E-state index contributed by atoms with van der Waals surface area (Å²) in [5.41, 5.74) is 15.7. The molecule has 3 aromatic carbocycles. The molecule has 0 fully saturated rings. The SMILES string of the molecule is Cc1cc2cc(-c3cnc(N)c4c(-c5ccc(N(C(N)=O)c6cc(C(F)(F)F)ccc6F)cc5)csc34)ccc2[nH]1. The molecular formula is C30H21F4N5OS. The minimum atomic E-state index is -4.73. The summed E-state index contributed by atoms with van der Waals surface area (Å²) in [7, 11) is 0. The third kappa shape index (κ3) is 4.63. The fourth-order valence-electron chi connectivity index (χ4n) is 4.97. The van der Waals surface area contributed by atoms with Crippen LogP contribution < -0.4 is 16.4 Å². The molecule has 0 unspecified atom stereocenters. The molecule has 0 aliphatic carbocycles. The van der Waals surface area contributed by atoms with E-state index in [2.05, 4.69) is 22.1 Å². The fourth-order valence-corrected chi connectivity index (χ4v) is 6.09. The summed E-state index contributed by atoms with van der Waals surface area (Å²) in [5, 5.41) is 3.77. The van der Waals surface area contributed by atoms with Gasteiger partial charge in [-0.2, -0.15) is 13.2 Å². The number of urea groups is 1. The zero-order chi connectivity index (χ0) is 29.1. The number of nitrogens with zero attached hydrogens (tertiary/aromatic N) is 2. The minimum absolute atomic E-state index is 0.0981. The highest BCUT2D eigenvalue weighted by Crippen LogP contribution is 2.43. The molecule has 11 heteroatoms. The normalized spacial score (nSPS) is 11.8. The third-order valence-electron chi connectivity index (χ3n) is 6.86. The maximum absolute atomic E-state index is 14.6. The smallest absolute Gasteiger partial charge is 0.383 e. The molecular weight excluding hydrogens is 554 g/mol. The van der Waals surface area contributed by atoms with Gasteiger partial charge in [-0.3, -0.25) is 4.90 Å². The van der Waals surface area contributed by atoms with Crippen molar-refractivity contribution in [2.24, 2.45) is 5.73 Å². The number of nitrogens with two attached hydrogens (primary N) is 2. The highest BCUT2D eigenvalue weighted by Gasteiger charge is 2.32. The quantitative estimate of drug-likeness (QED) is 0.184. The van der Waals surface area contributed by atoms with Crippen LogP contribution in [0, 0.1) is 12.7 Å². The van der Waals surface area contributed by atoms with Crippen LogP contribution in [0.3, 0.4) is 0 Å². The van der Waals surface area contributed by atoms with Crippen LogP contribution in [-0.2, 0) is 6.18 Å². The van der Waals surface area contributed by atoms with Crippen LogP contribution in [0.25, 0.3) is 43.2 Å². The van der Waals surface area contributed by atoms with E-state index in [0.29, 0.717) is 28.9 Å². The summed E-state index contributed by atoms with van der Waals surface area (Å²) < 4.78 is 55.4. The number of benzene rings is 3. The van der Waals surface area contributed by atoms with Crippen molar-refractivity contribution in [1.82, 2.24) is 9.97 Å². The van der Waals surface area contributed by atoms with Crippen LogP contribution in [0.5, 0.6) is 0 Å². The molecule has 0 saturated carbocycles. The van der Waals surface area contributed by atoms with E-state index < -0.39 is 29.3 Å². The summed E-state index contributed by atoms with van der Waals surface area (Å²) in [6.45, 7) is 2.00. The maximum Gasteiger partial charge on any atom is 0.416 e. The Morgan fingerprint density at radius 1 is 0.976 bits per heavy atom.